The lowest BCUT2D eigenvalue weighted by Crippen LogP contribution is -2.21. The minimum absolute atomic E-state index is 0.0551. The third-order valence-electron chi connectivity index (χ3n) is 1.73. The van der Waals surface area contributed by atoms with Crippen molar-refractivity contribution in [3.63, 3.8) is 0 Å². The maximum Gasteiger partial charge on any atom is 0.250 e. The van der Waals surface area contributed by atoms with Crippen LogP contribution in [-0.4, -0.2) is 16.2 Å². The molecule has 0 unspecified atom stereocenters. The van der Waals surface area contributed by atoms with Crippen LogP contribution in [0.1, 0.15) is 10.4 Å². The molecular formula is C9H8Cl4N2O. The molecule has 1 aromatic carbocycles. The number of benzene rings is 1. The molecule has 1 rings (SSSR count). The third kappa shape index (κ3) is 4.26. The van der Waals surface area contributed by atoms with Gasteiger partial charge in [0.2, 0.25) is 3.79 Å². The number of primary amides is 1. The van der Waals surface area contributed by atoms with E-state index < -0.39 is 9.70 Å². The van der Waals surface area contributed by atoms with Crippen LogP contribution in [0.2, 0.25) is 5.02 Å². The van der Waals surface area contributed by atoms with Crippen LogP contribution < -0.4 is 11.1 Å². The quantitative estimate of drug-likeness (QED) is 0.842. The number of alkyl halides is 3. The number of hydrogen-bond donors (Lipinski definition) is 2. The number of carbonyl (C=O) groups is 1. The van der Waals surface area contributed by atoms with Gasteiger partial charge in [-0.2, -0.15) is 0 Å². The number of hydrogen-bond acceptors (Lipinski definition) is 2. The summed E-state index contributed by atoms with van der Waals surface area (Å²) in [5, 5.41) is 3.22. The fourth-order valence-electron chi connectivity index (χ4n) is 1.07. The van der Waals surface area contributed by atoms with Crippen LogP contribution in [0.5, 0.6) is 0 Å². The van der Waals surface area contributed by atoms with Crippen molar-refractivity contribution in [2.45, 2.75) is 3.79 Å². The van der Waals surface area contributed by atoms with Gasteiger partial charge in [-0.3, -0.25) is 4.79 Å². The van der Waals surface area contributed by atoms with Crippen molar-refractivity contribution < 1.29 is 4.79 Å². The average Bonchev–Trinajstić information content (AvgIpc) is 2.14. The molecule has 0 aliphatic heterocycles. The van der Waals surface area contributed by atoms with Crippen LogP contribution in [-0.2, 0) is 0 Å². The molecular weight excluding hydrogens is 294 g/mol. The van der Waals surface area contributed by atoms with E-state index in [-0.39, 0.29) is 12.1 Å². The maximum atomic E-state index is 11.1. The Kier molecular flexibility index (Phi) is 4.56. The smallest absolute Gasteiger partial charge is 0.250 e. The van der Waals surface area contributed by atoms with Gasteiger partial charge in [-0.25, -0.2) is 0 Å². The van der Waals surface area contributed by atoms with Gasteiger partial charge >= 0.3 is 0 Å². The van der Waals surface area contributed by atoms with Gasteiger partial charge < -0.3 is 11.1 Å². The number of rotatable bonds is 3. The molecule has 1 aromatic rings. The van der Waals surface area contributed by atoms with Gasteiger partial charge in [-0.1, -0.05) is 46.4 Å². The zero-order chi connectivity index (χ0) is 12.3. The standard InChI is InChI=1S/C9H8Cl4N2O/c10-5-1-2-7(6(3-5)8(14)16)15-4-9(11,12)13/h1-3,15H,4H2,(H2,14,16). The predicted molar refractivity (Wildman–Crippen MR) is 68.7 cm³/mol. The van der Waals surface area contributed by atoms with Crippen molar-refractivity contribution in [1.82, 2.24) is 0 Å². The summed E-state index contributed by atoms with van der Waals surface area (Å²) in [6.07, 6.45) is 0. The Morgan fingerprint density at radius 3 is 2.50 bits per heavy atom. The lowest BCUT2D eigenvalue weighted by atomic mass is 10.1. The molecule has 3 nitrogen and oxygen atoms in total. The van der Waals surface area contributed by atoms with E-state index in [2.05, 4.69) is 5.32 Å². The molecule has 0 aromatic heterocycles. The van der Waals surface area contributed by atoms with E-state index in [9.17, 15) is 4.79 Å². The molecule has 16 heavy (non-hydrogen) atoms. The molecule has 0 saturated carbocycles. The summed E-state index contributed by atoms with van der Waals surface area (Å²) in [5.41, 5.74) is 5.91. The van der Waals surface area contributed by atoms with Crippen molar-refractivity contribution in [2.24, 2.45) is 5.73 Å². The van der Waals surface area contributed by atoms with Gasteiger partial charge in [0.25, 0.3) is 5.91 Å². The second kappa shape index (κ2) is 5.32. The van der Waals surface area contributed by atoms with Crippen LogP contribution in [0.3, 0.4) is 0 Å². The van der Waals surface area contributed by atoms with E-state index in [4.69, 9.17) is 52.1 Å². The SMILES string of the molecule is NC(=O)c1cc(Cl)ccc1NCC(Cl)(Cl)Cl. The normalized spacial score (nSPS) is 11.2. The van der Waals surface area contributed by atoms with E-state index >= 15 is 0 Å². The Morgan fingerprint density at radius 2 is 2.00 bits per heavy atom. The number of anilines is 1. The van der Waals surface area contributed by atoms with Gasteiger partial charge in [0.05, 0.1) is 12.1 Å². The van der Waals surface area contributed by atoms with Crippen molar-refractivity contribution in [3.8, 4) is 0 Å². The highest BCUT2D eigenvalue weighted by Crippen LogP contribution is 2.27. The third-order valence-corrected chi connectivity index (χ3v) is 2.36. The Bertz CT molecular complexity index is 403. The fourth-order valence-corrected chi connectivity index (χ4v) is 1.44. The van der Waals surface area contributed by atoms with Crippen molar-refractivity contribution in [3.05, 3.63) is 28.8 Å². The van der Waals surface area contributed by atoms with E-state index in [1.165, 1.54) is 6.07 Å². The van der Waals surface area contributed by atoms with Gasteiger partial charge in [0, 0.05) is 10.7 Å². The summed E-state index contributed by atoms with van der Waals surface area (Å²) in [6, 6.07) is 4.65. The summed E-state index contributed by atoms with van der Waals surface area (Å²) < 4.78 is -1.45. The summed E-state index contributed by atoms with van der Waals surface area (Å²) in [6.45, 7) is 0.0551. The maximum absolute atomic E-state index is 11.1. The summed E-state index contributed by atoms with van der Waals surface area (Å²) in [4.78, 5) is 11.1. The Morgan fingerprint density at radius 1 is 1.38 bits per heavy atom. The second-order valence-corrected chi connectivity index (χ2v) is 5.98. The van der Waals surface area contributed by atoms with Crippen LogP contribution in [0, 0.1) is 0 Å². The Labute approximate surface area is 113 Å². The van der Waals surface area contributed by atoms with E-state index in [0.29, 0.717) is 10.7 Å². The Hall–Kier alpha value is -0.350. The molecule has 1 amide bonds. The molecule has 0 fully saturated rings. The van der Waals surface area contributed by atoms with Crippen molar-refractivity contribution in [2.75, 3.05) is 11.9 Å². The molecule has 0 aliphatic rings. The number of halogens is 4. The number of amides is 1. The Balaban J connectivity index is 2.91. The van der Waals surface area contributed by atoms with Gasteiger partial charge in [0.15, 0.2) is 0 Å². The van der Waals surface area contributed by atoms with Gasteiger partial charge in [0.1, 0.15) is 0 Å². The van der Waals surface area contributed by atoms with Crippen LogP contribution in [0.25, 0.3) is 0 Å². The highest BCUT2D eigenvalue weighted by Gasteiger charge is 2.20. The minimum Gasteiger partial charge on any atom is -0.380 e. The molecule has 0 saturated heterocycles. The largest absolute Gasteiger partial charge is 0.380 e. The topological polar surface area (TPSA) is 55.1 Å². The predicted octanol–water partition coefficient (Wildman–Crippen LogP) is 3.22. The fraction of sp³-hybridized carbons (Fsp3) is 0.222. The molecule has 7 heteroatoms. The number of carbonyl (C=O) groups excluding carboxylic acids is 1. The van der Waals surface area contributed by atoms with Crippen LogP contribution in [0.15, 0.2) is 18.2 Å². The highest BCUT2D eigenvalue weighted by molar-refractivity contribution is 6.67. The van der Waals surface area contributed by atoms with Gasteiger partial charge in [-0.05, 0) is 18.2 Å². The molecule has 0 spiro atoms. The first-order chi connectivity index (χ1) is 7.29. The van der Waals surface area contributed by atoms with Crippen LogP contribution >= 0.6 is 46.4 Å². The summed E-state index contributed by atoms with van der Waals surface area (Å²) in [5.74, 6) is -0.602. The highest BCUT2D eigenvalue weighted by atomic mass is 35.6. The lowest BCUT2D eigenvalue weighted by Gasteiger charge is -2.15. The first-order valence-electron chi connectivity index (χ1n) is 4.19. The van der Waals surface area contributed by atoms with Crippen molar-refractivity contribution >= 4 is 58.0 Å². The molecule has 88 valence electrons. The zero-order valence-corrected chi connectivity index (χ0v) is 11.0. The van der Waals surface area contributed by atoms with E-state index in [0.717, 1.165) is 0 Å². The lowest BCUT2D eigenvalue weighted by molar-refractivity contribution is 0.100. The molecule has 0 heterocycles. The monoisotopic (exact) mass is 300 g/mol. The first-order valence-corrected chi connectivity index (χ1v) is 5.71. The van der Waals surface area contributed by atoms with E-state index in [1.54, 1.807) is 12.1 Å². The number of nitrogens with two attached hydrogens (primary N) is 1. The molecule has 0 radical (unpaired) electrons. The van der Waals surface area contributed by atoms with E-state index in [1.807, 2.05) is 0 Å². The minimum atomic E-state index is -1.45. The first kappa shape index (κ1) is 13.7. The van der Waals surface area contributed by atoms with Crippen molar-refractivity contribution in [1.29, 1.82) is 0 Å². The average molecular weight is 302 g/mol. The van der Waals surface area contributed by atoms with Gasteiger partial charge in [-0.15, -0.1) is 0 Å². The second-order valence-electron chi connectivity index (χ2n) is 3.02. The summed E-state index contributed by atoms with van der Waals surface area (Å²) >= 11 is 22.5. The number of nitrogens with one attached hydrogen (secondary N) is 1. The molecule has 0 atom stereocenters. The zero-order valence-electron chi connectivity index (χ0n) is 7.94. The molecule has 3 N–H and O–H groups in total. The van der Waals surface area contributed by atoms with Crippen LogP contribution in [0.4, 0.5) is 5.69 Å². The molecule has 0 bridgehead atoms. The summed E-state index contributed by atoms with van der Waals surface area (Å²) in [7, 11) is 0. The molecule has 0 aliphatic carbocycles.